The van der Waals surface area contributed by atoms with Crippen LogP contribution in [0, 0.1) is 5.92 Å². The second-order valence-electron chi connectivity index (χ2n) is 6.67. The number of benzene rings is 1. The van der Waals surface area contributed by atoms with Crippen molar-refractivity contribution in [2.45, 2.75) is 39.4 Å². The molecule has 1 aromatic carbocycles. The molecular weight excluding hydrogens is 340 g/mol. The first-order valence-electron chi connectivity index (χ1n) is 8.58. The number of urea groups is 1. The van der Waals surface area contributed by atoms with Crippen molar-refractivity contribution in [2.75, 3.05) is 19.6 Å². The Balaban J connectivity index is 0.00000312. The summed E-state index contributed by atoms with van der Waals surface area (Å²) in [5.74, 6) is 0.0263. The van der Waals surface area contributed by atoms with E-state index in [0.717, 1.165) is 12.1 Å². The average Bonchev–Trinajstić information content (AvgIpc) is 2.58. The Labute approximate surface area is 156 Å². The minimum Gasteiger partial charge on any atom is -0.338 e. The summed E-state index contributed by atoms with van der Waals surface area (Å²) < 4.78 is 0. The smallest absolute Gasteiger partial charge is 0.315 e. The van der Waals surface area contributed by atoms with E-state index >= 15 is 0 Å². The predicted octanol–water partition coefficient (Wildman–Crippen LogP) is 1.75. The van der Waals surface area contributed by atoms with E-state index in [-0.39, 0.29) is 36.3 Å². The van der Waals surface area contributed by atoms with E-state index in [9.17, 15) is 9.59 Å². The lowest BCUT2D eigenvalue weighted by Crippen LogP contribution is -2.58. The van der Waals surface area contributed by atoms with Crippen molar-refractivity contribution in [3.8, 4) is 0 Å². The Bertz CT molecular complexity index is 553. The van der Waals surface area contributed by atoms with Crippen molar-refractivity contribution in [1.82, 2.24) is 20.9 Å². The SMILES string of the molecule is CC1CN(C(=O)C(NC(=O)NCc2ccccc2)C(C)C)CCN1.Cl. The van der Waals surface area contributed by atoms with Gasteiger partial charge in [0, 0.05) is 32.2 Å². The number of halogens is 1. The molecule has 0 aromatic heterocycles. The fraction of sp³-hybridized carbons (Fsp3) is 0.556. The van der Waals surface area contributed by atoms with Gasteiger partial charge in [-0.3, -0.25) is 4.79 Å². The Morgan fingerprint density at radius 3 is 2.56 bits per heavy atom. The number of rotatable bonds is 5. The molecule has 1 saturated heterocycles. The van der Waals surface area contributed by atoms with Gasteiger partial charge in [0.05, 0.1) is 0 Å². The van der Waals surface area contributed by atoms with Crippen molar-refractivity contribution >= 4 is 24.3 Å². The van der Waals surface area contributed by atoms with Crippen LogP contribution in [0.4, 0.5) is 4.79 Å². The zero-order chi connectivity index (χ0) is 17.5. The van der Waals surface area contributed by atoms with Crippen LogP contribution in [0.25, 0.3) is 0 Å². The van der Waals surface area contributed by atoms with Gasteiger partial charge in [-0.1, -0.05) is 44.2 Å². The zero-order valence-corrected chi connectivity index (χ0v) is 15.9. The highest BCUT2D eigenvalue weighted by atomic mass is 35.5. The molecule has 3 N–H and O–H groups in total. The molecule has 1 aliphatic heterocycles. The molecule has 2 atom stereocenters. The number of piperazine rings is 1. The molecule has 25 heavy (non-hydrogen) atoms. The number of amides is 3. The number of hydrogen-bond acceptors (Lipinski definition) is 3. The predicted molar refractivity (Wildman–Crippen MR) is 102 cm³/mol. The van der Waals surface area contributed by atoms with Crippen LogP contribution in [-0.2, 0) is 11.3 Å². The molecule has 3 amide bonds. The maximum Gasteiger partial charge on any atom is 0.315 e. The van der Waals surface area contributed by atoms with Crippen molar-refractivity contribution in [2.24, 2.45) is 5.92 Å². The van der Waals surface area contributed by atoms with Gasteiger partial charge in [0.2, 0.25) is 5.91 Å². The molecule has 0 bridgehead atoms. The molecule has 2 unspecified atom stereocenters. The van der Waals surface area contributed by atoms with Gasteiger partial charge in [-0.25, -0.2) is 4.79 Å². The maximum absolute atomic E-state index is 12.8. The zero-order valence-electron chi connectivity index (χ0n) is 15.1. The van der Waals surface area contributed by atoms with E-state index in [4.69, 9.17) is 0 Å². The van der Waals surface area contributed by atoms with Crippen LogP contribution >= 0.6 is 12.4 Å². The minimum atomic E-state index is -0.508. The van der Waals surface area contributed by atoms with E-state index in [1.165, 1.54) is 0 Å². The summed E-state index contributed by atoms with van der Waals surface area (Å²) >= 11 is 0. The second kappa shape index (κ2) is 10.3. The van der Waals surface area contributed by atoms with Gasteiger partial charge < -0.3 is 20.9 Å². The van der Waals surface area contributed by atoms with Gasteiger partial charge in [0.15, 0.2) is 0 Å². The van der Waals surface area contributed by atoms with Crippen LogP contribution in [0.3, 0.4) is 0 Å². The quantitative estimate of drug-likeness (QED) is 0.741. The number of hydrogen-bond donors (Lipinski definition) is 3. The number of carbonyl (C=O) groups excluding carboxylic acids is 2. The molecule has 0 radical (unpaired) electrons. The first kappa shape index (κ1) is 21.3. The lowest BCUT2D eigenvalue weighted by Gasteiger charge is -2.35. The van der Waals surface area contributed by atoms with E-state index in [1.54, 1.807) is 0 Å². The number of nitrogens with one attached hydrogen (secondary N) is 3. The van der Waals surface area contributed by atoms with Gasteiger partial charge in [0.25, 0.3) is 0 Å². The highest BCUT2D eigenvalue weighted by molar-refractivity contribution is 5.87. The third-order valence-electron chi connectivity index (χ3n) is 4.20. The van der Waals surface area contributed by atoms with E-state index in [1.807, 2.05) is 49.1 Å². The van der Waals surface area contributed by atoms with Gasteiger partial charge in [-0.05, 0) is 18.4 Å². The summed E-state index contributed by atoms with van der Waals surface area (Å²) in [6.45, 7) is 8.55. The molecule has 1 fully saturated rings. The van der Waals surface area contributed by atoms with Crippen molar-refractivity contribution in [3.63, 3.8) is 0 Å². The first-order valence-corrected chi connectivity index (χ1v) is 8.58. The van der Waals surface area contributed by atoms with Crippen molar-refractivity contribution < 1.29 is 9.59 Å². The van der Waals surface area contributed by atoms with Crippen LogP contribution in [0.2, 0.25) is 0 Å². The number of nitrogens with zero attached hydrogens (tertiary/aromatic N) is 1. The van der Waals surface area contributed by atoms with Gasteiger partial charge in [-0.2, -0.15) is 0 Å². The topological polar surface area (TPSA) is 73.5 Å². The first-order chi connectivity index (χ1) is 11.5. The molecule has 7 heteroatoms. The highest BCUT2D eigenvalue weighted by Gasteiger charge is 2.30. The highest BCUT2D eigenvalue weighted by Crippen LogP contribution is 2.09. The van der Waals surface area contributed by atoms with E-state index < -0.39 is 6.04 Å². The van der Waals surface area contributed by atoms with Crippen LogP contribution in [0.1, 0.15) is 26.3 Å². The minimum absolute atomic E-state index is 0. The van der Waals surface area contributed by atoms with Crippen LogP contribution in [0.5, 0.6) is 0 Å². The van der Waals surface area contributed by atoms with Gasteiger partial charge in [0.1, 0.15) is 6.04 Å². The van der Waals surface area contributed by atoms with Crippen molar-refractivity contribution in [3.05, 3.63) is 35.9 Å². The summed E-state index contributed by atoms with van der Waals surface area (Å²) in [6.07, 6.45) is 0. The molecule has 2 rings (SSSR count). The fourth-order valence-corrected chi connectivity index (χ4v) is 2.81. The Hall–Kier alpha value is -1.79. The Morgan fingerprint density at radius 2 is 1.96 bits per heavy atom. The van der Waals surface area contributed by atoms with Gasteiger partial charge >= 0.3 is 6.03 Å². The summed E-state index contributed by atoms with van der Waals surface area (Å²) in [5.41, 5.74) is 1.02. The molecule has 1 heterocycles. The van der Waals surface area contributed by atoms with Crippen LogP contribution in [0.15, 0.2) is 30.3 Å². The molecule has 6 nitrogen and oxygen atoms in total. The molecular formula is C18H29ClN4O2. The summed E-state index contributed by atoms with van der Waals surface area (Å²) in [5, 5.41) is 8.98. The standard InChI is InChI=1S/C18H28N4O2.ClH/c1-13(2)16(17(23)22-10-9-19-14(3)12-22)21-18(24)20-11-15-7-5-4-6-8-15;/h4-8,13-14,16,19H,9-12H2,1-3H3,(H2,20,21,24);1H. The lowest BCUT2D eigenvalue weighted by atomic mass is 10.0. The third-order valence-corrected chi connectivity index (χ3v) is 4.20. The molecule has 0 aliphatic carbocycles. The molecule has 1 aliphatic rings. The fourth-order valence-electron chi connectivity index (χ4n) is 2.81. The summed E-state index contributed by atoms with van der Waals surface area (Å²) in [4.78, 5) is 26.8. The number of carbonyl (C=O) groups is 2. The molecule has 0 spiro atoms. The molecule has 140 valence electrons. The van der Waals surface area contributed by atoms with Crippen LogP contribution < -0.4 is 16.0 Å². The Kier molecular flexibility index (Phi) is 8.72. The second-order valence-corrected chi connectivity index (χ2v) is 6.67. The van der Waals surface area contributed by atoms with E-state index in [0.29, 0.717) is 19.6 Å². The summed E-state index contributed by atoms with van der Waals surface area (Å²) in [7, 11) is 0. The largest absolute Gasteiger partial charge is 0.338 e. The van der Waals surface area contributed by atoms with E-state index in [2.05, 4.69) is 22.9 Å². The monoisotopic (exact) mass is 368 g/mol. The lowest BCUT2D eigenvalue weighted by molar-refractivity contribution is -0.135. The Morgan fingerprint density at radius 1 is 1.28 bits per heavy atom. The third kappa shape index (κ3) is 6.55. The van der Waals surface area contributed by atoms with Crippen molar-refractivity contribution in [1.29, 1.82) is 0 Å². The molecule has 1 aromatic rings. The average molecular weight is 369 g/mol. The molecule has 0 saturated carbocycles. The summed E-state index contributed by atoms with van der Waals surface area (Å²) in [6, 6.07) is 9.16. The van der Waals surface area contributed by atoms with Gasteiger partial charge in [-0.15, -0.1) is 12.4 Å². The maximum atomic E-state index is 12.8. The van der Waals surface area contributed by atoms with Crippen LogP contribution in [-0.4, -0.2) is 48.6 Å². The normalized spacial score (nSPS) is 18.2.